The van der Waals surface area contributed by atoms with Crippen LogP contribution in [0.3, 0.4) is 0 Å². The van der Waals surface area contributed by atoms with Crippen LogP contribution in [0.25, 0.3) is 22.3 Å². The predicted molar refractivity (Wildman–Crippen MR) is 311 cm³/mol. The fraction of sp³-hybridized carbons (Fsp3) is 0.311. The van der Waals surface area contributed by atoms with Crippen molar-refractivity contribution in [2.75, 3.05) is 0 Å². The van der Waals surface area contributed by atoms with E-state index >= 15 is 0 Å². The molecular weight excluding hydrogens is 986 g/mol. The van der Waals surface area contributed by atoms with Gasteiger partial charge in [0, 0.05) is 23.1 Å². The van der Waals surface area contributed by atoms with Gasteiger partial charge in [0.15, 0.2) is 17.0 Å². The number of phenols is 1. The zero-order valence-electron chi connectivity index (χ0n) is 44.9. The van der Waals surface area contributed by atoms with E-state index < -0.39 is 3.25 Å². The number of benzene rings is 6. The van der Waals surface area contributed by atoms with Crippen molar-refractivity contribution >= 4 is 75.2 Å². The summed E-state index contributed by atoms with van der Waals surface area (Å²) in [6.07, 6.45) is 1.07. The van der Waals surface area contributed by atoms with E-state index in [-0.39, 0.29) is 34.8 Å². The smallest absolute Gasteiger partial charge is 0.266 e. The van der Waals surface area contributed by atoms with Crippen LogP contribution < -0.4 is 10.2 Å². The van der Waals surface area contributed by atoms with Gasteiger partial charge in [0.25, 0.3) is 3.25 Å². The lowest BCUT2D eigenvalue weighted by atomic mass is 9.87. The molecule has 11 heteroatoms. The van der Waals surface area contributed by atoms with Gasteiger partial charge in [0.1, 0.15) is 35.2 Å². The van der Waals surface area contributed by atoms with Gasteiger partial charge in [0.2, 0.25) is 0 Å². The number of ketones is 2. The molecule has 1 aliphatic rings. The monoisotopic (exact) mass is 1060 g/mol. The van der Waals surface area contributed by atoms with Gasteiger partial charge in [-0.2, -0.15) is 0 Å². The summed E-state index contributed by atoms with van der Waals surface area (Å²) < 4.78 is 10.2. The van der Waals surface area contributed by atoms with E-state index in [1.54, 1.807) is 50.2 Å². The van der Waals surface area contributed by atoms with Gasteiger partial charge in [0.05, 0.1) is 22.4 Å². The topological polar surface area (TPSA) is 111 Å². The van der Waals surface area contributed by atoms with E-state index in [2.05, 4.69) is 0 Å². The summed E-state index contributed by atoms with van der Waals surface area (Å²) in [6, 6.07) is 50.1. The van der Waals surface area contributed by atoms with E-state index in [0.29, 0.717) is 45.6 Å². The zero-order chi connectivity index (χ0) is 55.7. The highest BCUT2D eigenvalue weighted by molar-refractivity contribution is 6.83. The molecule has 1 N–H and O–H groups in total. The number of carbonyl (C=O) groups excluding carboxylic acids is 3. The average molecular weight is 1070 g/mol. The molecule has 1 aromatic heterocycles. The van der Waals surface area contributed by atoms with Gasteiger partial charge in [-0.05, 0) is 48.9 Å². The van der Waals surface area contributed by atoms with Crippen molar-refractivity contribution in [2.24, 2.45) is 5.92 Å². The van der Waals surface area contributed by atoms with E-state index in [1.165, 1.54) is 6.07 Å². The third-order valence-electron chi connectivity index (χ3n) is 8.92. The molecule has 2 unspecified atom stereocenters. The third kappa shape index (κ3) is 26.1. The number of fused-ring (bicyclic) bond motifs is 2. The van der Waals surface area contributed by atoms with Gasteiger partial charge >= 0.3 is 0 Å². The lowest BCUT2D eigenvalue weighted by molar-refractivity contribution is 0.0690. The largest absolute Gasteiger partial charge is 0.507 e. The first kappa shape index (κ1) is 70.6. The van der Waals surface area contributed by atoms with Crippen LogP contribution in [-0.4, -0.2) is 26.2 Å². The van der Waals surface area contributed by atoms with Gasteiger partial charge in [-0.3, -0.25) is 19.2 Å². The Hall–Kier alpha value is -5.70. The summed E-state index contributed by atoms with van der Waals surface area (Å²) in [4.78, 5) is 45.7. The van der Waals surface area contributed by atoms with Gasteiger partial charge in [-0.1, -0.05) is 271 Å². The Kier molecular flexibility index (Phi) is 42.1. The Balaban J connectivity index is -0.000000822. The quantitative estimate of drug-likeness (QED) is 0.104. The van der Waals surface area contributed by atoms with Gasteiger partial charge < -0.3 is 14.3 Å². The second-order valence-electron chi connectivity index (χ2n) is 13.1. The highest BCUT2D eigenvalue weighted by Gasteiger charge is 2.34. The molecular formula is C61H78Cl4O7. The second kappa shape index (κ2) is 42.9. The van der Waals surface area contributed by atoms with Crippen LogP contribution >= 0.6 is 46.4 Å². The van der Waals surface area contributed by atoms with Crippen LogP contribution in [0.15, 0.2) is 173 Å². The number of hydrogen-bond acceptors (Lipinski definition) is 7. The first-order valence-corrected chi connectivity index (χ1v) is 26.2. The van der Waals surface area contributed by atoms with Crippen molar-refractivity contribution in [2.45, 2.75) is 120 Å². The number of carbonyl (C=O) groups is 3. The maximum Gasteiger partial charge on any atom is 0.266 e. The van der Waals surface area contributed by atoms with Crippen LogP contribution in [-0.2, 0) is 0 Å². The number of phenolic OH excluding ortho intramolecular Hbond substituents is 1. The standard InChI is InChI=1S/C16H14O2.C16H12O2.C9H10O2.C7H6O.6C2H6.CCl4/c2*1-11-15(17)13-9-5-6-10-14(13)18-16(11)12-7-3-2-4-8-12;1-2-8(10)7-5-3-4-6-9(7)11;8-6-7-4-2-1-3-5-7;6*1-2;2-1(3,4)5/h2-11,16H,1H3;2-10H,1H3;3-6,11H,2H2,1H3;1-6H;6*1-2H3;. The molecule has 392 valence electrons. The Morgan fingerprint density at radius 3 is 1.53 bits per heavy atom. The molecule has 8 rings (SSSR count). The number of aldehydes is 1. The average Bonchev–Trinajstić information content (AvgIpc) is 3.44. The van der Waals surface area contributed by atoms with Crippen molar-refractivity contribution in [3.05, 3.63) is 202 Å². The number of rotatable bonds is 5. The lowest BCUT2D eigenvalue weighted by Crippen LogP contribution is -2.29. The summed E-state index contributed by atoms with van der Waals surface area (Å²) >= 11 is 19.3. The molecule has 72 heavy (non-hydrogen) atoms. The van der Waals surface area contributed by atoms with E-state index in [1.807, 2.05) is 211 Å². The van der Waals surface area contributed by atoms with Crippen LogP contribution in [0.1, 0.15) is 152 Å². The minimum Gasteiger partial charge on any atom is -0.507 e. The van der Waals surface area contributed by atoms with Gasteiger partial charge in [-0.25, -0.2) is 0 Å². The predicted octanol–water partition coefficient (Wildman–Crippen LogP) is 19.6. The number of halogens is 4. The second-order valence-corrected chi connectivity index (χ2v) is 16.5. The normalized spacial score (nSPS) is 12.0. The molecule has 0 spiro atoms. The Morgan fingerprint density at radius 1 is 0.611 bits per heavy atom. The molecule has 0 saturated heterocycles. The summed E-state index contributed by atoms with van der Waals surface area (Å²) in [5.41, 5.74) is 5.13. The molecule has 0 fully saturated rings. The summed E-state index contributed by atoms with van der Waals surface area (Å²) in [5.74, 6) is 1.39. The molecule has 7 nitrogen and oxygen atoms in total. The molecule has 1 aliphatic heterocycles. The van der Waals surface area contributed by atoms with Gasteiger partial charge in [-0.15, -0.1) is 0 Å². The molecule has 6 aromatic carbocycles. The summed E-state index contributed by atoms with van der Waals surface area (Å²) in [7, 11) is 0. The molecule has 0 bridgehead atoms. The zero-order valence-corrected chi connectivity index (χ0v) is 48.0. The first-order valence-electron chi connectivity index (χ1n) is 24.7. The number of aromatic hydroxyl groups is 1. The maximum atomic E-state index is 12.3. The molecule has 0 aliphatic carbocycles. The van der Waals surface area contributed by atoms with Crippen molar-refractivity contribution in [3.63, 3.8) is 0 Å². The van der Waals surface area contributed by atoms with Crippen LogP contribution in [0.4, 0.5) is 0 Å². The molecule has 0 saturated carbocycles. The maximum absolute atomic E-state index is 12.3. The van der Waals surface area contributed by atoms with Crippen LogP contribution in [0, 0.1) is 12.8 Å². The fourth-order valence-corrected chi connectivity index (χ4v) is 5.93. The highest BCUT2D eigenvalue weighted by Crippen LogP contribution is 2.38. The molecule has 0 amide bonds. The summed E-state index contributed by atoms with van der Waals surface area (Å²) in [5, 5.41) is 9.83. The minimum absolute atomic E-state index is 0.0249. The van der Waals surface area contributed by atoms with Crippen molar-refractivity contribution in [1.82, 2.24) is 0 Å². The first-order chi connectivity index (χ1) is 34.7. The summed E-state index contributed by atoms with van der Waals surface area (Å²) in [6.45, 7) is 29.5. The third-order valence-corrected chi connectivity index (χ3v) is 8.92. The Morgan fingerprint density at radius 2 is 1.04 bits per heavy atom. The van der Waals surface area contributed by atoms with E-state index in [4.69, 9.17) is 55.6 Å². The van der Waals surface area contributed by atoms with Crippen molar-refractivity contribution < 1.29 is 28.6 Å². The number of Topliss-reactive ketones (excluding diaryl/α,β-unsaturated/α-hetero) is 2. The van der Waals surface area contributed by atoms with Crippen LogP contribution in [0.2, 0.25) is 0 Å². The number of hydrogen-bond donors (Lipinski definition) is 1. The highest BCUT2D eigenvalue weighted by atomic mass is 35.6. The van der Waals surface area contributed by atoms with E-state index in [9.17, 15) is 24.3 Å². The molecule has 7 aromatic rings. The van der Waals surface area contributed by atoms with Crippen molar-refractivity contribution in [3.8, 4) is 22.8 Å². The SMILES string of the molecule is CC.CC.CC.CC.CC.CC.CC1C(=O)c2ccccc2OC1c1ccccc1.CCC(=O)c1ccccc1O.Cc1c(-c2ccccc2)oc2ccccc2c1=O.ClC(Cl)(Cl)Cl.O=Cc1ccccc1. The minimum atomic E-state index is -1.61. The number of para-hydroxylation sites is 3. The lowest BCUT2D eigenvalue weighted by Gasteiger charge is -2.30. The molecule has 2 heterocycles. The molecule has 0 radical (unpaired) electrons. The van der Waals surface area contributed by atoms with Crippen LogP contribution in [0.5, 0.6) is 11.5 Å². The van der Waals surface area contributed by atoms with Crippen molar-refractivity contribution in [1.29, 1.82) is 0 Å². The number of alkyl halides is 4. The van der Waals surface area contributed by atoms with E-state index in [0.717, 1.165) is 23.0 Å². The Labute approximate surface area is 451 Å². The number of ether oxygens (including phenoxy) is 1. The fourth-order valence-electron chi connectivity index (χ4n) is 5.93. The Bertz CT molecular complexity index is 2520. The molecule has 2 atom stereocenters.